The molecule has 2 aromatic carbocycles. The van der Waals surface area contributed by atoms with Gasteiger partial charge in [0.15, 0.2) is 5.78 Å². The Morgan fingerprint density at radius 2 is 1.86 bits per heavy atom. The van der Waals surface area contributed by atoms with E-state index in [4.69, 9.17) is 0 Å². The fourth-order valence-electron chi connectivity index (χ4n) is 2.13. The SMILES string of the molecule is O=C(C=Cc1cnc2ccccc2c1)c1ccc(F)cc1F. The molecule has 0 saturated carbocycles. The maximum absolute atomic E-state index is 13.5. The van der Waals surface area contributed by atoms with Crippen molar-refractivity contribution in [3.63, 3.8) is 0 Å². The van der Waals surface area contributed by atoms with Gasteiger partial charge < -0.3 is 0 Å². The summed E-state index contributed by atoms with van der Waals surface area (Å²) in [5, 5.41) is 0.949. The van der Waals surface area contributed by atoms with E-state index in [1.165, 1.54) is 6.08 Å². The molecule has 1 aromatic heterocycles. The molecule has 4 heteroatoms. The maximum Gasteiger partial charge on any atom is 0.188 e. The van der Waals surface area contributed by atoms with Crippen LogP contribution < -0.4 is 0 Å². The third-order valence-electron chi connectivity index (χ3n) is 3.24. The Hall–Kier alpha value is -2.88. The number of hydrogen-bond donors (Lipinski definition) is 0. The topological polar surface area (TPSA) is 30.0 Å². The zero-order chi connectivity index (χ0) is 15.5. The number of fused-ring (bicyclic) bond motifs is 1. The molecule has 3 aromatic rings. The van der Waals surface area contributed by atoms with Gasteiger partial charge in [0.25, 0.3) is 0 Å². The summed E-state index contributed by atoms with van der Waals surface area (Å²) in [6.07, 6.45) is 4.44. The predicted molar refractivity (Wildman–Crippen MR) is 81.5 cm³/mol. The minimum atomic E-state index is -0.869. The molecular formula is C18H11F2NO. The van der Waals surface area contributed by atoms with E-state index in [0.29, 0.717) is 6.07 Å². The van der Waals surface area contributed by atoms with E-state index in [9.17, 15) is 13.6 Å². The van der Waals surface area contributed by atoms with Crippen LogP contribution in [0.2, 0.25) is 0 Å². The van der Waals surface area contributed by atoms with Crippen LogP contribution in [0.1, 0.15) is 15.9 Å². The van der Waals surface area contributed by atoms with Gasteiger partial charge in [-0.15, -0.1) is 0 Å². The number of allylic oxidation sites excluding steroid dienone is 1. The predicted octanol–water partition coefficient (Wildman–Crippen LogP) is 4.41. The molecule has 0 aliphatic heterocycles. The van der Waals surface area contributed by atoms with E-state index < -0.39 is 17.4 Å². The van der Waals surface area contributed by atoms with E-state index in [-0.39, 0.29) is 5.56 Å². The molecule has 0 aliphatic rings. The second-order valence-corrected chi connectivity index (χ2v) is 4.78. The van der Waals surface area contributed by atoms with Crippen LogP contribution >= 0.6 is 0 Å². The van der Waals surface area contributed by atoms with Crippen molar-refractivity contribution in [2.24, 2.45) is 0 Å². The average molecular weight is 295 g/mol. The number of carbonyl (C=O) groups excluding carboxylic acids is 1. The van der Waals surface area contributed by atoms with E-state index in [2.05, 4.69) is 4.98 Å². The third-order valence-corrected chi connectivity index (χ3v) is 3.24. The lowest BCUT2D eigenvalue weighted by Gasteiger charge is -2.00. The van der Waals surface area contributed by atoms with Crippen LogP contribution in [0.5, 0.6) is 0 Å². The molecule has 22 heavy (non-hydrogen) atoms. The molecule has 0 radical (unpaired) electrons. The van der Waals surface area contributed by atoms with E-state index in [1.807, 2.05) is 30.3 Å². The molecule has 0 N–H and O–H groups in total. The van der Waals surface area contributed by atoms with Gasteiger partial charge in [-0.1, -0.05) is 18.2 Å². The molecule has 2 nitrogen and oxygen atoms in total. The molecule has 1 heterocycles. The van der Waals surface area contributed by atoms with Crippen LogP contribution in [0.15, 0.2) is 60.8 Å². The van der Waals surface area contributed by atoms with Gasteiger partial charge in [0, 0.05) is 17.6 Å². The lowest BCUT2D eigenvalue weighted by atomic mass is 10.1. The Bertz CT molecular complexity index is 887. The second-order valence-electron chi connectivity index (χ2n) is 4.78. The number of carbonyl (C=O) groups is 1. The number of para-hydroxylation sites is 1. The number of benzene rings is 2. The first-order chi connectivity index (χ1) is 10.6. The summed E-state index contributed by atoms with van der Waals surface area (Å²) in [4.78, 5) is 16.2. The van der Waals surface area contributed by atoms with Gasteiger partial charge in [-0.25, -0.2) is 8.78 Å². The number of nitrogens with zero attached hydrogens (tertiary/aromatic N) is 1. The summed E-state index contributed by atoms with van der Waals surface area (Å²) < 4.78 is 26.4. The van der Waals surface area contributed by atoms with Crippen molar-refractivity contribution >= 4 is 22.8 Å². The smallest absolute Gasteiger partial charge is 0.188 e. The van der Waals surface area contributed by atoms with Gasteiger partial charge in [-0.3, -0.25) is 9.78 Å². The molecule has 0 bridgehead atoms. The van der Waals surface area contributed by atoms with Gasteiger partial charge in [-0.05, 0) is 42.0 Å². The minimum Gasteiger partial charge on any atom is -0.289 e. The van der Waals surface area contributed by atoms with Crippen molar-refractivity contribution in [1.29, 1.82) is 0 Å². The molecule has 0 saturated heterocycles. The summed E-state index contributed by atoms with van der Waals surface area (Å²) in [6.45, 7) is 0. The molecule has 0 atom stereocenters. The average Bonchev–Trinajstić information content (AvgIpc) is 2.52. The zero-order valence-electron chi connectivity index (χ0n) is 11.5. The highest BCUT2D eigenvalue weighted by Crippen LogP contribution is 2.15. The standard InChI is InChI=1S/C18H11F2NO/c19-14-6-7-15(16(20)10-14)18(22)8-5-12-9-13-3-1-2-4-17(13)21-11-12/h1-11H. The van der Waals surface area contributed by atoms with Crippen molar-refractivity contribution in [2.75, 3.05) is 0 Å². The third kappa shape index (κ3) is 2.91. The first kappa shape index (κ1) is 14.1. The Morgan fingerprint density at radius 3 is 2.68 bits per heavy atom. The van der Waals surface area contributed by atoms with E-state index in [0.717, 1.165) is 28.6 Å². The Labute approximate surface area is 125 Å². The lowest BCUT2D eigenvalue weighted by Crippen LogP contribution is -1.99. The monoisotopic (exact) mass is 295 g/mol. The number of pyridine rings is 1. The summed E-state index contributed by atoms with van der Waals surface area (Å²) >= 11 is 0. The maximum atomic E-state index is 13.5. The van der Waals surface area contributed by atoms with Crippen molar-refractivity contribution in [3.8, 4) is 0 Å². The van der Waals surface area contributed by atoms with E-state index in [1.54, 1.807) is 12.3 Å². The van der Waals surface area contributed by atoms with Crippen LogP contribution in [-0.2, 0) is 0 Å². The fourth-order valence-corrected chi connectivity index (χ4v) is 2.13. The van der Waals surface area contributed by atoms with Crippen molar-refractivity contribution in [3.05, 3.63) is 83.6 Å². The normalized spacial score (nSPS) is 11.2. The first-order valence-corrected chi connectivity index (χ1v) is 6.66. The largest absolute Gasteiger partial charge is 0.289 e. The fraction of sp³-hybridized carbons (Fsp3) is 0. The van der Waals surface area contributed by atoms with Crippen LogP contribution in [0.4, 0.5) is 8.78 Å². The highest BCUT2D eigenvalue weighted by molar-refractivity contribution is 6.07. The number of aromatic nitrogens is 1. The zero-order valence-corrected chi connectivity index (χ0v) is 11.5. The number of rotatable bonds is 3. The highest BCUT2D eigenvalue weighted by atomic mass is 19.1. The van der Waals surface area contributed by atoms with Crippen molar-refractivity contribution in [2.45, 2.75) is 0 Å². The molecule has 0 unspecified atom stereocenters. The Morgan fingerprint density at radius 1 is 1.05 bits per heavy atom. The molecule has 0 amide bonds. The summed E-state index contributed by atoms with van der Waals surface area (Å²) in [5.41, 5.74) is 1.43. The van der Waals surface area contributed by atoms with Crippen molar-refractivity contribution in [1.82, 2.24) is 4.98 Å². The minimum absolute atomic E-state index is 0.161. The molecule has 108 valence electrons. The summed E-state index contributed by atoms with van der Waals surface area (Å²) in [5.74, 6) is -2.10. The lowest BCUT2D eigenvalue weighted by molar-refractivity contribution is 0.104. The van der Waals surface area contributed by atoms with Crippen molar-refractivity contribution < 1.29 is 13.6 Å². The van der Waals surface area contributed by atoms with E-state index >= 15 is 0 Å². The van der Waals surface area contributed by atoms with Crippen LogP contribution in [0.3, 0.4) is 0 Å². The molecule has 0 fully saturated rings. The Kier molecular flexibility index (Phi) is 3.74. The number of hydrogen-bond acceptors (Lipinski definition) is 2. The van der Waals surface area contributed by atoms with Gasteiger partial charge in [0.1, 0.15) is 11.6 Å². The first-order valence-electron chi connectivity index (χ1n) is 6.66. The summed E-state index contributed by atoms with van der Waals surface area (Å²) in [7, 11) is 0. The molecule has 0 aliphatic carbocycles. The van der Waals surface area contributed by atoms with Crippen LogP contribution in [0.25, 0.3) is 17.0 Å². The summed E-state index contributed by atoms with van der Waals surface area (Å²) in [6, 6.07) is 12.4. The van der Waals surface area contributed by atoms with Crippen LogP contribution in [0, 0.1) is 11.6 Å². The quantitative estimate of drug-likeness (QED) is 0.529. The van der Waals surface area contributed by atoms with Gasteiger partial charge in [0.2, 0.25) is 0 Å². The molecular weight excluding hydrogens is 284 g/mol. The van der Waals surface area contributed by atoms with Gasteiger partial charge >= 0.3 is 0 Å². The number of halogens is 2. The Balaban J connectivity index is 1.87. The van der Waals surface area contributed by atoms with Crippen LogP contribution in [-0.4, -0.2) is 10.8 Å². The van der Waals surface area contributed by atoms with Gasteiger partial charge in [0.05, 0.1) is 11.1 Å². The molecule has 3 rings (SSSR count). The second kappa shape index (κ2) is 5.85. The number of ketones is 1. The highest BCUT2D eigenvalue weighted by Gasteiger charge is 2.09. The van der Waals surface area contributed by atoms with Gasteiger partial charge in [-0.2, -0.15) is 0 Å². The molecule has 0 spiro atoms.